The molecule has 0 aliphatic carbocycles. The molecular weight excluding hydrogens is 196 g/mol. The first-order valence-electron chi connectivity index (χ1n) is 4.68. The minimum atomic E-state index is 0.229. The van der Waals surface area contributed by atoms with Gasteiger partial charge >= 0.3 is 0 Å². The van der Waals surface area contributed by atoms with Crippen LogP contribution in [0.2, 0.25) is 0 Å². The smallest absolute Gasteiger partial charge is 0.232 e. The van der Waals surface area contributed by atoms with Gasteiger partial charge in [-0.25, -0.2) is 4.98 Å². The number of carbonyl (C=O) groups is 1. The molecule has 0 atom stereocenters. The lowest BCUT2D eigenvalue weighted by Gasteiger charge is -2.30. The third-order valence-corrected chi connectivity index (χ3v) is 3.12. The van der Waals surface area contributed by atoms with Gasteiger partial charge in [-0.05, 0) is 18.6 Å². The average Bonchev–Trinajstić information content (AvgIpc) is 2.14. The van der Waals surface area contributed by atoms with Crippen molar-refractivity contribution >= 4 is 17.7 Å². The normalized spacial score (nSPS) is 15.0. The highest BCUT2D eigenvalue weighted by Gasteiger charge is 2.19. The summed E-state index contributed by atoms with van der Waals surface area (Å²) in [6.07, 6.45) is 2.90. The molecule has 4 heteroatoms. The Bertz CT molecular complexity index is 311. The van der Waals surface area contributed by atoms with E-state index in [0.29, 0.717) is 5.75 Å². The predicted octanol–water partition coefficient (Wildman–Crippen LogP) is 1.41. The molecule has 1 aliphatic rings. The van der Waals surface area contributed by atoms with Gasteiger partial charge in [0.15, 0.2) is 0 Å². The maximum absolute atomic E-state index is 11.5. The van der Waals surface area contributed by atoms with E-state index in [2.05, 4.69) is 4.98 Å². The Morgan fingerprint density at radius 2 is 2.36 bits per heavy atom. The van der Waals surface area contributed by atoms with E-state index in [4.69, 9.17) is 0 Å². The lowest BCUT2D eigenvalue weighted by Crippen LogP contribution is -2.43. The highest BCUT2D eigenvalue weighted by Crippen LogP contribution is 2.16. The molecule has 0 unspecified atom stereocenters. The molecule has 1 aromatic heterocycles. The van der Waals surface area contributed by atoms with Crippen molar-refractivity contribution in [3.63, 3.8) is 0 Å². The van der Waals surface area contributed by atoms with Crippen LogP contribution in [-0.2, 0) is 4.79 Å². The van der Waals surface area contributed by atoms with Gasteiger partial charge in [0, 0.05) is 19.3 Å². The molecule has 74 valence electrons. The second-order valence-corrected chi connectivity index (χ2v) is 4.19. The zero-order chi connectivity index (χ0) is 9.80. The van der Waals surface area contributed by atoms with Gasteiger partial charge in [-0.3, -0.25) is 4.79 Å². The number of rotatable bonds is 3. The first-order valence-corrected chi connectivity index (χ1v) is 5.66. The quantitative estimate of drug-likeness (QED) is 0.704. The summed E-state index contributed by atoms with van der Waals surface area (Å²) in [6.45, 7) is 1.86. The Hall–Kier alpha value is -1.03. The number of hydrogen-bond donors (Lipinski definition) is 0. The van der Waals surface area contributed by atoms with E-state index < -0.39 is 0 Å². The fourth-order valence-corrected chi connectivity index (χ4v) is 1.99. The maximum atomic E-state index is 11.5. The summed E-state index contributed by atoms with van der Waals surface area (Å²) >= 11 is 1.50. The van der Waals surface area contributed by atoms with Crippen LogP contribution in [0.15, 0.2) is 29.4 Å². The van der Waals surface area contributed by atoms with Crippen LogP contribution < -0.4 is 0 Å². The van der Waals surface area contributed by atoms with Crippen LogP contribution in [-0.4, -0.2) is 34.6 Å². The topological polar surface area (TPSA) is 33.2 Å². The fourth-order valence-electron chi connectivity index (χ4n) is 1.23. The van der Waals surface area contributed by atoms with Gasteiger partial charge in [-0.15, -0.1) is 0 Å². The van der Waals surface area contributed by atoms with Gasteiger partial charge in [-0.2, -0.15) is 0 Å². The number of pyridine rings is 1. The van der Waals surface area contributed by atoms with Crippen molar-refractivity contribution in [1.82, 2.24) is 9.88 Å². The van der Waals surface area contributed by atoms with Gasteiger partial charge in [0.05, 0.1) is 10.8 Å². The second kappa shape index (κ2) is 4.46. The maximum Gasteiger partial charge on any atom is 0.232 e. The fraction of sp³-hybridized carbons (Fsp3) is 0.400. The van der Waals surface area contributed by atoms with Crippen LogP contribution >= 0.6 is 11.8 Å². The van der Waals surface area contributed by atoms with Crippen molar-refractivity contribution in [2.45, 2.75) is 11.4 Å². The van der Waals surface area contributed by atoms with E-state index in [1.54, 1.807) is 6.20 Å². The molecule has 2 heterocycles. The van der Waals surface area contributed by atoms with Crippen molar-refractivity contribution in [1.29, 1.82) is 0 Å². The zero-order valence-corrected chi connectivity index (χ0v) is 8.67. The lowest BCUT2D eigenvalue weighted by atomic mass is 10.2. The number of hydrogen-bond acceptors (Lipinski definition) is 3. The first kappa shape index (κ1) is 9.52. The van der Waals surface area contributed by atoms with Crippen molar-refractivity contribution in [2.24, 2.45) is 0 Å². The molecule has 2 rings (SSSR count). The van der Waals surface area contributed by atoms with Gasteiger partial charge in [0.25, 0.3) is 0 Å². The molecular formula is C10H12N2OS. The number of amides is 1. The molecule has 1 aromatic rings. The second-order valence-electron chi connectivity index (χ2n) is 3.19. The molecule has 0 N–H and O–H groups in total. The largest absolute Gasteiger partial charge is 0.342 e. The molecule has 1 fully saturated rings. The Morgan fingerprint density at radius 3 is 2.93 bits per heavy atom. The van der Waals surface area contributed by atoms with E-state index in [1.165, 1.54) is 11.8 Å². The predicted molar refractivity (Wildman–Crippen MR) is 56.2 cm³/mol. The lowest BCUT2D eigenvalue weighted by molar-refractivity contribution is -0.131. The van der Waals surface area contributed by atoms with Crippen LogP contribution in [0.5, 0.6) is 0 Å². The van der Waals surface area contributed by atoms with Crippen LogP contribution in [0.1, 0.15) is 6.42 Å². The standard InChI is InChI=1S/C10H12N2OS/c13-10(12-6-3-7-12)8-14-9-4-1-2-5-11-9/h1-2,4-5H,3,6-8H2. The minimum absolute atomic E-state index is 0.229. The summed E-state index contributed by atoms with van der Waals surface area (Å²) in [4.78, 5) is 17.5. The van der Waals surface area contributed by atoms with E-state index >= 15 is 0 Å². The molecule has 0 aromatic carbocycles. The molecule has 1 aliphatic heterocycles. The van der Waals surface area contributed by atoms with Gasteiger partial charge in [-0.1, -0.05) is 17.8 Å². The Balaban J connectivity index is 1.79. The molecule has 14 heavy (non-hydrogen) atoms. The van der Waals surface area contributed by atoms with Crippen molar-refractivity contribution in [2.75, 3.05) is 18.8 Å². The van der Waals surface area contributed by atoms with Crippen LogP contribution in [0, 0.1) is 0 Å². The van der Waals surface area contributed by atoms with Crippen LogP contribution in [0.4, 0.5) is 0 Å². The van der Waals surface area contributed by atoms with Crippen LogP contribution in [0.25, 0.3) is 0 Å². The number of aromatic nitrogens is 1. The zero-order valence-electron chi connectivity index (χ0n) is 7.85. The summed E-state index contributed by atoms with van der Waals surface area (Å²) < 4.78 is 0. The Labute approximate surface area is 87.5 Å². The van der Waals surface area contributed by atoms with Crippen LogP contribution in [0.3, 0.4) is 0 Å². The number of carbonyl (C=O) groups excluding carboxylic acids is 1. The van der Waals surface area contributed by atoms with Crippen molar-refractivity contribution in [3.8, 4) is 0 Å². The molecule has 0 saturated carbocycles. The molecule has 3 nitrogen and oxygen atoms in total. The average molecular weight is 208 g/mol. The number of nitrogens with zero attached hydrogens (tertiary/aromatic N) is 2. The summed E-state index contributed by atoms with van der Waals surface area (Å²) in [5, 5.41) is 0.918. The summed E-state index contributed by atoms with van der Waals surface area (Å²) in [6, 6.07) is 5.73. The van der Waals surface area contributed by atoms with E-state index in [1.807, 2.05) is 23.1 Å². The third-order valence-electron chi connectivity index (χ3n) is 2.19. The monoisotopic (exact) mass is 208 g/mol. The van der Waals surface area contributed by atoms with Crippen molar-refractivity contribution in [3.05, 3.63) is 24.4 Å². The molecule has 0 bridgehead atoms. The molecule has 1 amide bonds. The minimum Gasteiger partial charge on any atom is -0.342 e. The highest BCUT2D eigenvalue weighted by molar-refractivity contribution is 7.99. The SMILES string of the molecule is O=C(CSc1ccccn1)N1CCC1. The van der Waals surface area contributed by atoms with Gasteiger partial charge < -0.3 is 4.90 Å². The molecule has 1 saturated heterocycles. The van der Waals surface area contributed by atoms with E-state index in [9.17, 15) is 4.79 Å². The summed E-state index contributed by atoms with van der Waals surface area (Å²) in [5.41, 5.74) is 0. The Kier molecular flexibility index (Phi) is 3.03. The van der Waals surface area contributed by atoms with Gasteiger partial charge in [0.1, 0.15) is 0 Å². The Morgan fingerprint density at radius 1 is 1.50 bits per heavy atom. The molecule has 0 spiro atoms. The highest BCUT2D eigenvalue weighted by atomic mass is 32.2. The van der Waals surface area contributed by atoms with Crippen molar-refractivity contribution < 1.29 is 4.79 Å². The van der Waals surface area contributed by atoms with E-state index in [0.717, 1.165) is 24.5 Å². The number of likely N-dealkylation sites (tertiary alicyclic amines) is 1. The van der Waals surface area contributed by atoms with E-state index in [-0.39, 0.29) is 5.91 Å². The summed E-state index contributed by atoms with van der Waals surface area (Å²) in [7, 11) is 0. The first-order chi connectivity index (χ1) is 6.86. The summed E-state index contributed by atoms with van der Waals surface area (Å²) in [5.74, 6) is 0.740. The third kappa shape index (κ3) is 2.26. The number of thioether (sulfide) groups is 1. The van der Waals surface area contributed by atoms with Gasteiger partial charge in [0.2, 0.25) is 5.91 Å². The molecule has 0 radical (unpaired) electrons.